The van der Waals surface area contributed by atoms with Crippen molar-refractivity contribution < 1.29 is 4.39 Å². The van der Waals surface area contributed by atoms with Crippen molar-refractivity contribution in [3.63, 3.8) is 0 Å². The van der Waals surface area contributed by atoms with Gasteiger partial charge in [0.1, 0.15) is 5.82 Å². The van der Waals surface area contributed by atoms with Gasteiger partial charge in [0, 0.05) is 12.1 Å². The van der Waals surface area contributed by atoms with Crippen molar-refractivity contribution in [1.29, 1.82) is 0 Å². The Morgan fingerprint density at radius 2 is 2.20 bits per heavy atom. The molecule has 1 aromatic rings. The first-order chi connectivity index (χ1) is 7.16. The molecule has 1 aromatic carbocycles. The Kier molecular flexibility index (Phi) is 3.06. The van der Waals surface area contributed by atoms with Crippen LogP contribution in [-0.4, -0.2) is 6.04 Å². The number of nitrogens with one attached hydrogen (secondary N) is 1. The molecule has 0 amide bonds. The summed E-state index contributed by atoms with van der Waals surface area (Å²) in [6, 6.07) is 6.08. The van der Waals surface area contributed by atoms with E-state index >= 15 is 0 Å². The van der Waals surface area contributed by atoms with Gasteiger partial charge in [-0.2, -0.15) is 0 Å². The van der Waals surface area contributed by atoms with Crippen LogP contribution in [0.2, 0.25) is 0 Å². The normalized spacial score (nSPS) is 20.4. The van der Waals surface area contributed by atoms with Crippen molar-refractivity contribution in [2.24, 2.45) is 0 Å². The van der Waals surface area contributed by atoms with Gasteiger partial charge in [0.05, 0.1) is 0 Å². The number of hydrogen-bond acceptors (Lipinski definition) is 1. The number of benzene rings is 1. The van der Waals surface area contributed by atoms with Gasteiger partial charge >= 0.3 is 0 Å². The van der Waals surface area contributed by atoms with Crippen LogP contribution >= 0.6 is 0 Å². The molecule has 0 aromatic heterocycles. The summed E-state index contributed by atoms with van der Waals surface area (Å²) in [5.74, 6) is -0.112. The van der Waals surface area contributed by atoms with Crippen LogP contribution in [0.3, 0.4) is 0 Å². The predicted octanol–water partition coefficient (Wildman–Crippen LogP) is 3.20. The minimum absolute atomic E-state index is 0.112. The summed E-state index contributed by atoms with van der Waals surface area (Å²) < 4.78 is 13.1. The lowest BCUT2D eigenvalue weighted by Crippen LogP contribution is -2.30. The summed E-state index contributed by atoms with van der Waals surface area (Å²) in [6.45, 7) is 4.30. The van der Waals surface area contributed by atoms with E-state index in [1.165, 1.54) is 11.1 Å². The summed E-state index contributed by atoms with van der Waals surface area (Å²) in [4.78, 5) is 0. The van der Waals surface area contributed by atoms with E-state index in [2.05, 4.69) is 19.2 Å². The smallest absolute Gasteiger partial charge is 0.123 e. The fraction of sp³-hybridized carbons (Fsp3) is 0.538. The van der Waals surface area contributed by atoms with Crippen LogP contribution in [0, 0.1) is 5.82 Å². The van der Waals surface area contributed by atoms with E-state index in [4.69, 9.17) is 0 Å². The Balaban J connectivity index is 2.26. The molecule has 0 aliphatic heterocycles. The third-order valence-corrected chi connectivity index (χ3v) is 2.95. The monoisotopic (exact) mass is 207 g/mol. The lowest BCUT2D eigenvalue weighted by molar-refractivity contribution is 0.422. The maximum Gasteiger partial charge on any atom is 0.123 e. The Morgan fingerprint density at radius 3 is 2.93 bits per heavy atom. The SMILES string of the molecule is CC(C)NC1CCCc2cc(F)ccc21. The molecule has 1 aliphatic carbocycles. The number of rotatable bonds is 2. The zero-order valence-corrected chi connectivity index (χ0v) is 9.39. The molecule has 2 heteroatoms. The first kappa shape index (κ1) is 10.6. The summed E-state index contributed by atoms with van der Waals surface area (Å²) in [5.41, 5.74) is 2.47. The molecule has 1 nitrogen and oxygen atoms in total. The molecule has 0 spiro atoms. The van der Waals surface area contributed by atoms with Crippen molar-refractivity contribution in [1.82, 2.24) is 5.32 Å². The average Bonchev–Trinajstić information content (AvgIpc) is 2.16. The predicted molar refractivity (Wildman–Crippen MR) is 60.4 cm³/mol. The van der Waals surface area contributed by atoms with Crippen LogP contribution in [0.5, 0.6) is 0 Å². The van der Waals surface area contributed by atoms with Gasteiger partial charge in [-0.15, -0.1) is 0 Å². The number of halogens is 1. The summed E-state index contributed by atoms with van der Waals surface area (Å²) in [7, 11) is 0. The summed E-state index contributed by atoms with van der Waals surface area (Å²) in [5, 5.41) is 3.53. The highest BCUT2D eigenvalue weighted by Gasteiger charge is 2.20. The molecule has 0 saturated carbocycles. The van der Waals surface area contributed by atoms with E-state index in [0.717, 1.165) is 19.3 Å². The van der Waals surface area contributed by atoms with Gasteiger partial charge in [-0.25, -0.2) is 4.39 Å². The zero-order chi connectivity index (χ0) is 10.8. The molecule has 82 valence electrons. The van der Waals surface area contributed by atoms with Crippen molar-refractivity contribution in [2.45, 2.75) is 45.2 Å². The topological polar surface area (TPSA) is 12.0 Å². The van der Waals surface area contributed by atoms with Crippen LogP contribution < -0.4 is 5.32 Å². The fourth-order valence-corrected chi connectivity index (χ4v) is 2.36. The second kappa shape index (κ2) is 4.31. The lowest BCUT2D eigenvalue weighted by atomic mass is 9.87. The maximum atomic E-state index is 13.1. The molecule has 1 N–H and O–H groups in total. The van der Waals surface area contributed by atoms with E-state index in [-0.39, 0.29) is 5.82 Å². The van der Waals surface area contributed by atoms with E-state index in [9.17, 15) is 4.39 Å². The van der Waals surface area contributed by atoms with Crippen molar-refractivity contribution in [3.05, 3.63) is 35.1 Å². The van der Waals surface area contributed by atoms with E-state index < -0.39 is 0 Å². The number of aryl methyl sites for hydroxylation is 1. The van der Waals surface area contributed by atoms with E-state index in [1.54, 1.807) is 12.1 Å². The highest BCUT2D eigenvalue weighted by Crippen LogP contribution is 2.30. The van der Waals surface area contributed by atoms with Crippen LogP contribution in [0.4, 0.5) is 4.39 Å². The standard InChI is InChI=1S/C13H18FN/c1-9(2)15-13-5-3-4-10-8-11(14)6-7-12(10)13/h6-9,13,15H,3-5H2,1-2H3. The molecule has 1 unspecified atom stereocenters. The van der Waals surface area contributed by atoms with Gasteiger partial charge in [-0.1, -0.05) is 19.9 Å². The van der Waals surface area contributed by atoms with Gasteiger partial charge in [-0.05, 0) is 42.5 Å². The summed E-state index contributed by atoms with van der Waals surface area (Å²) >= 11 is 0. The fourth-order valence-electron chi connectivity index (χ4n) is 2.36. The molecular formula is C13H18FN. The van der Waals surface area contributed by atoms with Crippen molar-refractivity contribution in [2.75, 3.05) is 0 Å². The highest BCUT2D eigenvalue weighted by atomic mass is 19.1. The minimum atomic E-state index is -0.112. The van der Waals surface area contributed by atoms with Crippen LogP contribution in [0.25, 0.3) is 0 Å². The maximum absolute atomic E-state index is 13.1. The average molecular weight is 207 g/mol. The minimum Gasteiger partial charge on any atom is -0.308 e. The molecule has 0 heterocycles. The number of hydrogen-bond donors (Lipinski definition) is 1. The van der Waals surface area contributed by atoms with Gasteiger partial charge < -0.3 is 5.32 Å². The zero-order valence-electron chi connectivity index (χ0n) is 9.39. The molecule has 1 atom stereocenters. The van der Waals surface area contributed by atoms with Gasteiger partial charge in [0.15, 0.2) is 0 Å². The Labute approximate surface area is 90.7 Å². The summed E-state index contributed by atoms with van der Waals surface area (Å²) in [6.07, 6.45) is 3.33. The molecule has 0 saturated heterocycles. The van der Waals surface area contributed by atoms with Gasteiger partial charge in [0.25, 0.3) is 0 Å². The third-order valence-electron chi connectivity index (χ3n) is 2.95. The highest BCUT2D eigenvalue weighted by molar-refractivity contribution is 5.32. The molecule has 2 rings (SSSR count). The van der Waals surface area contributed by atoms with Crippen LogP contribution in [0.15, 0.2) is 18.2 Å². The number of fused-ring (bicyclic) bond motifs is 1. The Hall–Kier alpha value is -0.890. The second-order valence-corrected chi connectivity index (χ2v) is 4.61. The first-order valence-corrected chi connectivity index (χ1v) is 5.71. The molecule has 1 aliphatic rings. The third kappa shape index (κ3) is 2.37. The van der Waals surface area contributed by atoms with Gasteiger partial charge in [-0.3, -0.25) is 0 Å². The largest absolute Gasteiger partial charge is 0.308 e. The van der Waals surface area contributed by atoms with Crippen molar-refractivity contribution >= 4 is 0 Å². The quantitative estimate of drug-likeness (QED) is 0.785. The molecule has 0 fully saturated rings. The molecule has 15 heavy (non-hydrogen) atoms. The molecule has 0 radical (unpaired) electrons. The second-order valence-electron chi connectivity index (χ2n) is 4.61. The van der Waals surface area contributed by atoms with Crippen LogP contribution in [-0.2, 0) is 6.42 Å². The molecular weight excluding hydrogens is 189 g/mol. The van der Waals surface area contributed by atoms with E-state index in [1.807, 2.05) is 6.07 Å². The first-order valence-electron chi connectivity index (χ1n) is 5.71. The Morgan fingerprint density at radius 1 is 1.40 bits per heavy atom. The van der Waals surface area contributed by atoms with E-state index in [0.29, 0.717) is 12.1 Å². The Bertz CT molecular complexity index is 346. The van der Waals surface area contributed by atoms with Gasteiger partial charge in [0.2, 0.25) is 0 Å². The van der Waals surface area contributed by atoms with Crippen LogP contribution in [0.1, 0.15) is 43.9 Å². The lowest BCUT2D eigenvalue weighted by Gasteiger charge is -2.28. The molecule has 0 bridgehead atoms. The van der Waals surface area contributed by atoms with Crippen molar-refractivity contribution in [3.8, 4) is 0 Å².